The minimum Gasteiger partial charge on any atom is -0.315 e. The Morgan fingerprint density at radius 3 is 2.20 bits per heavy atom. The van der Waals surface area contributed by atoms with E-state index in [1.54, 1.807) is 5.32 Å². The van der Waals surface area contributed by atoms with Gasteiger partial charge in [-0.15, -0.1) is 11.8 Å². The number of anilines is 1. The van der Waals surface area contributed by atoms with Crippen molar-refractivity contribution in [1.82, 2.24) is 5.32 Å². The molecule has 0 radical (unpaired) electrons. The third-order valence-electron chi connectivity index (χ3n) is 3.43. The maximum absolute atomic E-state index is 13.5. The van der Waals surface area contributed by atoms with Crippen molar-refractivity contribution in [2.24, 2.45) is 0 Å². The van der Waals surface area contributed by atoms with Gasteiger partial charge in [-0.05, 0) is 36.4 Å². The van der Waals surface area contributed by atoms with E-state index in [0.717, 1.165) is 30.0 Å². The molecule has 3 amide bonds. The largest absolute Gasteiger partial charge is 0.416 e. The van der Waals surface area contributed by atoms with Crippen molar-refractivity contribution in [2.45, 2.75) is 17.4 Å². The lowest BCUT2D eigenvalue weighted by Gasteiger charge is -2.15. The highest BCUT2D eigenvalue weighted by atomic mass is 32.2. The molecule has 0 atom stereocenters. The molecule has 0 unspecified atom stereocenters. The van der Waals surface area contributed by atoms with Crippen LogP contribution in [0, 0.1) is 11.6 Å². The summed E-state index contributed by atoms with van der Waals surface area (Å²) in [6.45, 7) is -0.612. The highest BCUT2D eigenvalue weighted by Gasteiger charge is 2.42. The zero-order valence-corrected chi connectivity index (χ0v) is 15.8. The standard InChI is InChI=1S/C18H14F6N2O3S/c19-12-2-1-3-13(20)14(12)15(27)26-17(28)25-10-4-6-11(7-5-10)30-9-8-29-18(23,24)16(21)22/h1-7,16H,8-9H2,(H2,25,26,27,28). The summed E-state index contributed by atoms with van der Waals surface area (Å²) >= 11 is 1.04. The fourth-order valence-corrected chi connectivity index (χ4v) is 2.81. The Labute approximate surface area is 170 Å². The van der Waals surface area contributed by atoms with E-state index in [1.165, 1.54) is 24.3 Å². The Hall–Kier alpha value is -2.73. The smallest absolute Gasteiger partial charge is 0.315 e. The molecule has 2 rings (SSSR count). The third kappa shape index (κ3) is 6.66. The molecular weight excluding hydrogens is 438 g/mol. The Bertz CT molecular complexity index is 876. The molecule has 0 spiro atoms. The second-order valence-corrected chi connectivity index (χ2v) is 6.76. The van der Waals surface area contributed by atoms with Crippen LogP contribution in [0.4, 0.5) is 36.8 Å². The Morgan fingerprint density at radius 1 is 1.03 bits per heavy atom. The summed E-state index contributed by atoms with van der Waals surface area (Å²) in [7, 11) is 0. The monoisotopic (exact) mass is 452 g/mol. The van der Waals surface area contributed by atoms with E-state index in [1.807, 2.05) is 0 Å². The molecule has 0 aromatic heterocycles. The lowest BCUT2D eigenvalue weighted by atomic mass is 10.2. The minimum atomic E-state index is -4.51. The highest BCUT2D eigenvalue weighted by Crippen LogP contribution is 2.25. The first-order chi connectivity index (χ1) is 14.1. The summed E-state index contributed by atoms with van der Waals surface area (Å²) < 4.78 is 80.0. The second-order valence-electron chi connectivity index (χ2n) is 5.59. The van der Waals surface area contributed by atoms with Gasteiger partial charge in [0, 0.05) is 16.3 Å². The molecule has 0 heterocycles. The van der Waals surface area contributed by atoms with Crippen molar-refractivity contribution >= 4 is 29.4 Å². The van der Waals surface area contributed by atoms with Crippen molar-refractivity contribution in [3.8, 4) is 0 Å². The topological polar surface area (TPSA) is 67.4 Å². The van der Waals surface area contributed by atoms with E-state index < -0.39 is 48.3 Å². The van der Waals surface area contributed by atoms with Crippen molar-refractivity contribution < 1.29 is 40.7 Å². The van der Waals surface area contributed by atoms with Gasteiger partial charge in [0.05, 0.1) is 6.61 Å². The van der Waals surface area contributed by atoms with Gasteiger partial charge in [-0.25, -0.2) is 22.4 Å². The lowest BCUT2D eigenvalue weighted by Crippen LogP contribution is -2.35. The van der Waals surface area contributed by atoms with Gasteiger partial charge in [-0.2, -0.15) is 8.78 Å². The van der Waals surface area contributed by atoms with Gasteiger partial charge in [-0.3, -0.25) is 10.1 Å². The third-order valence-corrected chi connectivity index (χ3v) is 4.41. The van der Waals surface area contributed by atoms with Crippen LogP contribution in [0.3, 0.4) is 0 Å². The summed E-state index contributed by atoms with van der Waals surface area (Å²) in [4.78, 5) is 24.2. The average molecular weight is 452 g/mol. The number of hydrogen-bond acceptors (Lipinski definition) is 4. The molecule has 0 fully saturated rings. The molecule has 2 aromatic carbocycles. The molecule has 2 aromatic rings. The molecule has 0 aliphatic carbocycles. The van der Waals surface area contributed by atoms with Gasteiger partial charge in [-0.1, -0.05) is 6.07 Å². The van der Waals surface area contributed by atoms with Crippen LogP contribution in [-0.4, -0.2) is 36.8 Å². The number of halogens is 6. The van der Waals surface area contributed by atoms with Crippen LogP contribution in [0.1, 0.15) is 10.4 Å². The quantitative estimate of drug-likeness (QED) is 0.340. The van der Waals surface area contributed by atoms with E-state index >= 15 is 0 Å². The van der Waals surface area contributed by atoms with Gasteiger partial charge in [0.15, 0.2) is 0 Å². The minimum absolute atomic E-state index is 0.0295. The van der Waals surface area contributed by atoms with Crippen LogP contribution in [0.15, 0.2) is 47.4 Å². The van der Waals surface area contributed by atoms with Crippen LogP contribution in [0.25, 0.3) is 0 Å². The predicted molar refractivity (Wildman–Crippen MR) is 96.9 cm³/mol. The summed E-state index contributed by atoms with van der Waals surface area (Å²) in [5.41, 5.74) is -0.682. The maximum Gasteiger partial charge on any atom is 0.416 e. The SMILES string of the molecule is O=C(NC(=O)c1c(F)cccc1F)Nc1ccc(SCCOC(F)(F)C(F)F)cc1. The molecule has 5 nitrogen and oxygen atoms in total. The number of thioether (sulfide) groups is 1. The number of urea groups is 1. The fourth-order valence-electron chi connectivity index (χ4n) is 2.08. The summed E-state index contributed by atoms with van der Waals surface area (Å²) in [6.07, 6.45) is -8.43. The number of ether oxygens (including phenoxy) is 1. The molecule has 162 valence electrons. The number of carbonyl (C=O) groups is 2. The summed E-state index contributed by atoms with van der Waals surface area (Å²) in [6, 6.07) is 7.56. The van der Waals surface area contributed by atoms with Crippen molar-refractivity contribution in [1.29, 1.82) is 0 Å². The molecular formula is C18H14F6N2O3S. The number of nitrogens with one attached hydrogen (secondary N) is 2. The van der Waals surface area contributed by atoms with Crippen molar-refractivity contribution in [3.63, 3.8) is 0 Å². The number of hydrogen-bond donors (Lipinski definition) is 2. The molecule has 2 N–H and O–H groups in total. The van der Waals surface area contributed by atoms with E-state index in [2.05, 4.69) is 10.1 Å². The molecule has 0 bridgehead atoms. The van der Waals surface area contributed by atoms with Crippen LogP contribution >= 0.6 is 11.8 Å². The second kappa shape index (κ2) is 10.3. The zero-order chi connectivity index (χ0) is 22.3. The molecule has 30 heavy (non-hydrogen) atoms. The number of imide groups is 1. The van der Waals surface area contributed by atoms with Crippen LogP contribution in [0.5, 0.6) is 0 Å². The summed E-state index contributed by atoms with van der Waals surface area (Å²) in [5, 5.41) is 4.06. The van der Waals surface area contributed by atoms with E-state index in [4.69, 9.17) is 0 Å². The number of benzene rings is 2. The average Bonchev–Trinajstić information content (AvgIpc) is 2.66. The van der Waals surface area contributed by atoms with Crippen LogP contribution in [-0.2, 0) is 4.74 Å². The van der Waals surface area contributed by atoms with Crippen molar-refractivity contribution in [2.75, 3.05) is 17.7 Å². The molecule has 0 aliphatic rings. The Morgan fingerprint density at radius 2 is 1.63 bits per heavy atom. The first kappa shape index (κ1) is 23.5. The highest BCUT2D eigenvalue weighted by molar-refractivity contribution is 7.99. The van der Waals surface area contributed by atoms with E-state index in [-0.39, 0.29) is 11.4 Å². The van der Waals surface area contributed by atoms with Gasteiger partial charge >= 0.3 is 18.6 Å². The molecule has 0 aliphatic heterocycles. The fraction of sp³-hybridized carbons (Fsp3) is 0.222. The van der Waals surface area contributed by atoms with Gasteiger partial charge in [0.1, 0.15) is 17.2 Å². The number of amides is 3. The Balaban J connectivity index is 1.82. The normalized spacial score (nSPS) is 11.4. The van der Waals surface area contributed by atoms with E-state index in [0.29, 0.717) is 4.90 Å². The predicted octanol–water partition coefficient (Wildman–Crippen LogP) is 4.89. The number of rotatable bonds is 8. The molecule has 12 heteroatoms. The molecule has 0 saturated heterocycles. The first-order valence-electron chi connectivity index (χ1n) is 8.19. The zero-order valence-electron chi connectivity index (χ0n) is 14.9. The van der Waals surface area contributed by atoms with Gasteiger partial charge in [0.25, 0.3) is 5.91 Å². The molecule has 0 saturated carbocycles. The van der Waals surface area contributed by atoms with Gasteiger partial charge < -0.3 is 10.1 Å². The lowest BCUT2D eigenvalue weighted by molar-refractivity contribution is -0.297. The van der Waals surface area contributed by atoms with Crippen LogP contribution in [0.2, 0.25) is 0 Å². The number of alkyl halides is 4. The summed E-state index contributed by atoms with van der Waals surface area (Å²) in [5.74, 6) is -3.55. The van der Waals surface area contributed by atoms with Crippen molar-refractivity contribution in [3.05, 3.63) is 59.7 Å². The first-order valence-corrected chi connectivity index (χ1v) is 9.18. The van der Waals surface area contributed by atoms with Crippen LogP contribution < -0.4 is 10.6 Å². The van der Waals surface area contributed by atoms with E-state index in [9.17, 15) is 35.9 Å². The number of carbonyl (C=O) groups excluding carboxylic acids is 2. The van der Waals surface area contributed by atoms with Gasteiger partial charge in [0.2, 0.25) is 0 Å². The maximum atomic E-state index is 13.5. The Kier molecular flexibility index (Phi) is 8.12.